The van der Waals surface area contributed by atoms with Crippen LogP contribution in [-0.4, -0.2) is 35.4 Å². The van der Waals surface area contributed by atoms with Crippen molar-refractivity contribution in [3.05, 3.63) is 53.1 Å². The topological polar surface area (TPSA) is 55.2 Å². The number of nitrogens with zero attached hydrogens (tertiary/aromatic N) is 3. The molecule has 0 bridgehead atoms. The third kappa shape index (κ3) is 4.25. The monoisotopic (exact) mass is 475 g/mol. The van der Waals surface area contributed by atoms with Gasteiger partial charge < -0.3 is 4.57 Å². The van der Waals surface area contributed by atoms with Gasteiger partial charge in [-0.3, -0.25) is 0 Å². The van der Waals surface area contributed by atoms with Crippen molar-refractivity contribution >= 4 is 44.4 Å². The van der Waals surface area contributed by atoms with Gasteiger partial charge in [-0.15, -0.1) is 0 Å². The Morgan fingerprint density at radius 3 is 2.55 bits per heavy atom. The lowest BCUT2D eigenvalue weighted by Crippen LogP contribution is -2.27. The van der Waals surface area contributed by atoms with Gasteiger partial charge in [-0.2, -0.15) is 4.31 Å². The molecule has 0 amide bonds. The summed E-state index contributed by atoms with van der Waals surface area (Å²) >= 11 is 7.84. The van der Waals surface area contributed by atoms with E-state index in [0.717, 1.165) is 58.2 Å². The lowest BCUT2D eigenvalue weighted by Gasteiger charge is -2.17. The molecule has 5 rings (SSSR count). The van der Waals surface area contributed by atoms with E-state index in [4.69, 9.17) is 16.6 Å². The Bertz CT molecular complexity index is 1200. The molecule has 0 N–H and O–H groups in total. The van der Waals surface area contributed by atoms with E-state index < -0.39 is 10.0 Å². The highest BCUT2D eigenvalue weighted by molar-refractivity contribution is 7.98. The van der Waals surface area contributed by atoms with Gasteiger partial charge in [0.05, 0.1) is 15.9 Å². The number of hydrogen-bond donors (Lipinski definition) is 0. The Balaban J connectivity index is 1.51. The van der Waals surface area contributed by atoms with Crippen molar-refractivity contribution in [2.75, 3.05) is 13.1 Å². The van der Waals surface area contributed by atoms with Gasteiger partial charge in [0.15, 0.2) is 5.16 Å². The molecule has 2 heterocycles. The lowest BCUT2D eigenvalue weighted by atomic mass is 10.2. The fourth-order valence-corrected chi connectivity index (χ4v) is 7.46. The SMILES string of the molecule is O=S(=O)(c1ccc2c(c1)nc(SCc1cccc(Cl)c1)n2C1CCCC1)N1CCCC1. The van der Waals surface area contributed by atoms with Gasteiger partial charge in [-0.05, 0) is 61.6 Å². The first-order valence-corrected chi connectivity index (χ1v) is 13.7. The number of benzene rings is 2. The largest absolute Gasteiger partial charge is 0.316 e. The molecule has 2 fully saturated rings. The van der Waals surface area contributed by atoms with Gasteiger partial charge in [0.2, 0.25) is 10.0 Å². The molecule has 0 unspecified atom stereocenters. The van der Waals surface area contributed by atoms with Crippen LogP contribution < -0.4 is 0 Å². The molecule has 2 aromatic carbocycles. The summed E-state index contributed by atoms with van der Waals surface area (Å²) in [7, 11) is -3.45. The lowest BCUT2D eigenvalue weighted by molar-refractivity contribution is 0.477. The van der Waals surface area contributed by atoms with Crippen molar-refractivity contribution in [1.82, 2.24) is 13.9 Å². The highest BCUT2D eigenvalue weighted by atomic mass is 35.5. The first-order chi connectivity index (χ1) is 15.0. The van der Waals surface area contributed by atoms with E-state index in [0.29, 0.717) is 24.0 Å². The van der Waals surface area contributed by atoms with Crippen LogP contribution in [0.5, 0.6) is 0 Å². The predicted octanol–water partition coefficient (Wildman–Crippen LogP) is 5.88. The zero-order valence-corrected chi connectivity index (χ0v) is 19.7. The van der Waals surface area contributed by atoms with Crippen molar-refractivity contribution in [2.24, 2.45) is 0 Å². The van der Waals surface area contributed by atoms with Crippen LogP contribution in [0.3, 0.4) is 0 Å². The van der Waals surface area contributed by atoms with Crippen LogP contribution in [-0.2, 0) is 15.8 Å². The van der Waals surface area contributed by atoms with Gasteiger partial charge >= 0.3 is 0 Å². The minimum Gasteiger partial charge on any atom is -0.316 e. The van der Waals surface area contributed by atoms with E-state index in [-0.39, 0.29) is 0 Å². The van der Waals surface area contributed by atoms with E-state index in [1.165, 1.54) is 12.8 Å². The number of halogens is 1. The molecule has 8 heteroatoms. The fourth-order valence-electron chi connectivity index (χ4n) is 4.69. The summed E-state index contributed by atoms with van der Waals surface area (Å²) in [5.74, 6) is 0.773. The smallest absolute Gasteiger partial charge is 0.243 e. The summed E-state index contributed by atoms with van der Waals surface area (Å²) in [6.07, 6.45) is 6.60. The molecule has 0 radical (unpaired) electrons. The normalized spacial score (nSPS) is 18.4. The van der Waals surface area contributed by atoms with Crippen LogP contribution in [0.4, 0.5) is 0 Å². The van der Waals surface area contributed by atoms with Crippen LogP contribution in [0.1, 0.15) is 50.1 Å². The molecule has 0 spiro atoms. The molecule has 1 aliphatic carbocycles. The van der Waals surface area contributed by atoms with Crippen molar-refractivity contribution in [2.45, 2.75) is 60.4 Å². The fraction of sp³-hybridized carbons (Fsp3) is 0.435. The second-order valence-corrected chi connectivity index (χ2v) is 11.7. The van der Waals surface area contributed by atoms with E-state index >= 15 is 0 Å². The van der Waals surface area contributed by atoms with Gasteiger partial charge in [-0.25, -0.2) is 13.4 Å². The third-order valence-corrected chi connectivity index (χ3v) is 9.43. The summed E-state index contributed by atoms with van der Waals surface area (Å²) in [6.45, 7) is 1.22. The van der Waals surface area contributed by atoms with Crippen molar-refractivity contribution in [3.8, 4) is 0 Å². The molecule has 1 aromatic heterocycles. The summed E-state index contributed by atoms with van der Waals surface area (Å²) in [6, 6.07) is 13.8. The predicted molar refractivity (Wildman–Crippen MR) is 126 cm³/mol. The van der Waals surface area contributed by atoms with E-state index in [1.807, 2.05) is 24.3 Å². The van der Waals surface area contributed by atoms with E-state index in [9.17, 15) is 8.42 Å². The van der Waals surface area contributed by atoms with Crippen LogP contribution in [0.15, 0.2) is 52.5 Å². The molecule has 164 valence electrons. The van der Waals surface area contributed by atoms with Gasteiger partial charge in [0.25, 0.3) is 0 Å². The molecule has 31 heavy (non-hydrogen) atoms. The van der Waals surface area contributed by atoms with Crippen LogP contribution >= 0.6 is 23.4 Å². The summed E-state index contributed by atoms with van der Waals surface area (Å²) in [5, 5.41) is 1.69. The number of rotatable bonds is 6. The molecule has 1 aliphatic heterocycles. The van der Waals surface area contributed by atoms with Crippen LogP contribution in [0.2, 0.25) is 5.02 Å². The molecule has 3 aromatic rings. The highest BCUT2D eigenvalue weighted by Gasteiger charge is 2.29. The zero-order chi connectivity index (χ0) is 21.4. The van der Waals surface area contributed by atoms with E-state index in [2.05, 4.69) is 10.6 Å². The maximum atomic E-state index is 13.0. The molecule has 1 saturated heterocycles. The first kappa shape index (κ1) is 21.3. The van der Waals surface area contributed by atoms with Crippen molar-refractivity contribution in [3.63, 3.8) is 0 Å². The second kappa shape index (κ2) is 8.77. The maximum Gasteiger partial charge on any atom is 0.243 e. The molecular formula is C23H26ClN3O2S2. The van der Waals surface area contributed by atoms with Crippen LogP contribution in [0, 0.1) is 0 Å². The Kier molecular flexibility index (Phi) is 6.03. The summed E-state index contributed by atoms with van der Waals surface area (Å²) in [4.78, 5) is 5.26. The maximum absolute atomic E-state index is 13.0. The number of hydrogen-bond acceptors (Lipinski definition) is 4. The Morgan fingerprint density at radius 1 is 1.03 bits per heavy atom. The van der Waals surface area contributed by atoms with Gasteiger partial charge in [0, 0.05) is 29.9 Å². The number of fused-ring (bicyclic) bond motifs is 1. The van der Waals surface area contributed by atoms with Crippen molar-refractivity contribution in [1.29, 1.82) is 0 Å². The van der Waals surface area contributed by atoms with E-state index in [1.54, 1.807) is 28.2 Å². The third-order valence-electron chi connectivity index (χ3n) is 6.28. The van der Waals surface area contributed by atoms with Gasteiger partial charge in [0.1, 0.15) is 0 Å². The first-order valence-electron chi connectivity index (χ1n) is 10.9. The second-order valence-electron chi connectivity index (χ2n) is 8.38. The summed E-state index contributed by atoms with van der Waals surface area (Å²) < 4.78 is 30.0. The van der Waals surface area contributed by atoms with Crippen LogP contribution in [0.25, 0.3) is 11.0 Å². The zero-order valence-electron chi connectivity index (χ0n) is 17.3. The standard InChI is InChI=1S/C23H26ClN3O2S2/c24-18-7-5-6-17(14-18)16-30-23-25-21-15-20(31(28,29)26-12-3-4-13-26)10-11-22(21)27(23)19-8-1-2-9-19/h5-7,10-11,14-15,19H,1-4,8-9,12-13,16H2. The Labute approximate surface area is 192 Å². The highest BCUT2D eigenvalue weighted by Crippen LogP contribution is 2.38. The molecule has 0 atom stereocenters. The Morgan fingerprint density at radius 2 is 1.81 bits per heavy atom. The number of sulfonamides is 1. The number of aromatic nitrogens is 2. The summed E-state index contributed by atoms with van der Waals surface area (Å²) in [5.41, 5.74) is 2.95. The minimum absolute atomic E-state index is 0.351. The molecule has 2 aliphatic rings. The molecular weight excluding hydrogens is 450 g/mol. The van der Waals surface area contributed by atoms with Gasteiger partial charge in [-0.1, -0.05) is 48.3 Å². The minimum atomic E-state index is -3.45. The number of thioether (sulfide) groups is 1. The average molecular weight is 476 g/mol. The molecule has 5 nitrogen and oxygen atoms in total. The average Bonchev–Trinajstić information content (AvgIpc) is 3.52. The van der Waals surface area contributed by atoms with Crippen molar-refractivity contribution < 1.29 is 8.42 Å². The quantitative estimate of drug-likeness (QED) is 0.417. The molecule has 1 saturated carbocycles. The number of imidazole rings is 1. The Hall–Kier alpha value is -1.54.